The number of nitrogens with zero attached hydrogens (tertiary/aromatic N) is 1. The molecule has 1 aromatic carbocycles. The van der Waals surface area contributed by atoms with Gasteiger partial charge < -0.3 is 5.32 Å². The second-order valence-electron chi connectivity index (χ2n) is 5.19. The fraction of sp³-hybridized carbons (Fsp3) is 0.500. The fourth-order valence-corrected chi connectivity index (χ4v) is 3.99. The fourth-order valence-electron chi connectivity index (χ4n) is 2.50. The molecule has 0 aromatic heterocycles. The van der Waals surface area contributed by atoms with E-state index in [0.29, 0.717) is 25.9 Å². The number of benzene rings is 1. The molecule has 1 unspecified atom stereocenters. The number of hydrogen-bond donors (Lipinski definition) is 1. The van der Waals surface area contributed by atoms with E-state index >= 15 is 0 Å². The predicted octanol–water partition coefficient (Wildman–Crippen LogP) is 1.51. The third kappa shape index (κ3) is 4.01. The van der Waals surface area contributed by atoms with Crippen LogP contribution in [-0.2, 0) is 14.8 Å². The molecular weight excluding hydrogens is 295 g/mol. The maximum absolute atomic E-state index is 12.9. The SMILES string of the molecule is CC(=O)NC1CCCN(S(=O)(=O)c2ccc(F)cc2)CC1. The standard InChI is InChI=1S/C14H19FN2O3S/c1-11(18)16-13-3-2-9-17(10-8-13)21(19,20)14-6-4-12(15)5-7-14/h4-7,13H,2-3,8-10H2,1H3,(H,16,18). The van der Waals surface area contributed by atoms with Gasteiger partial charge in [-0.25, -0.2) is 12.8 Å². The highest BCUT2D eigenvalue weighted by Crippen LogP contribution is 2.20. The molecule has 1 amide bonds. The van der Waals surface area contributed by atoms with Gasteiger partial charge in [-0.05, 0) is 43.5 Å². The number of carbonyl (C=O) groups is 1. The summed E-state index contributed by atoms with van der Waals surface area (Å²) in [7, 11) is -3.60. The van der Waals surface area contributed by atoms with Crippen LogP contribution in [0.5, 0.6) is 0 Å². The van der Waals surface area contributed by atoms with Gasteiger partial charge in [0.1, 0.15) is 5.82 Å². The number of carbonyl (C=O) groups excluding carboxylic acids is 1. The molecule has 0 saturated carbocycles. The number of hydrogen-bond acceptors (Lipinski definition) is 3. The van der Waals surface area contributed by atoms with Gasteiger partial charge in [0.25, 0.3) is 0 Å². The lowest BCUT2D eigenvalue weighted by atomic mass is 10.1. The Kier molecular flexibility index (Phi) is 4.95. The molecule has 21 heavy (non-hydrogen) atoms. The van der Waals surface area contributed by atoms with Crippen molar-refractivity contribution in [2.75, 3.05) is 13.1 Å². The van der Waals surface area contributed by atoms with Crippen molar-refractivity contribution in [3.8, 4) is 0 Å². The van der Waals surface area contributed by atoms with Crippen molar-refractivity contribution in [1.82, 2.24) is 9.62 Å². The van der Waals surface area contributed by atoms with Crippen molar-refractivity contribution >= 4 is 15.9 Å². The van der Waals surface area contributed by atoms with Crippen LogP contribution < -0.4 is 5.32 Å². The van der Waals surface area contributed by atoms with Crippen molar-refractivity contribution < 1.29 is 17.6 Å². The van der Waals surface area contributed by atoms with Crippen LogP contribution in [0.25, 0.3) is 0 Å². The minimum Gasteiger partial charge on any atom is -0.354 e. The molecule has 1 aliphatic heterocycles. The molecular formula is C14H19FN2O3S. The quantitative estimate of drug-likeness (QED) is 0.919. The highest BCUT2D eigenvalue weighted by molar-refractivity contribution is 7.89. The van der Waals surface area contributed by atoms with Crippen LogP contribution in [0.3, 0.4) is 0 Å². The molecule has 1 aliphatic rings. The molecule has 1 aromatic rings. The maximum Gasteiger partial charge on any atom is 0.243 e. The van der Waals surface area contributed by atoms with Crippen molar-refractivity contribution in [2.24, 2.45) is 0 Å². The van der Waals surface area contributed by atoms with E-state index < -0.39 is 15.8 Å². The van der Waals surface area contributed by atoms with Gasteiger partial charge in [-0.3, -0.25) is 4.79 Å². The minimum absolute atomic E-state index is 0.0101. The summed E-state index contributed by atoms with van der Waals surface area (Å²) in [5.74, 6) is -0.564. The molecule has 1 fully saturated rings. The molecule has 1 heterocycles. The van der Waals surface area contributed by atoms with Crippen LogP contribution in [0.2, 0.25) is 0 Å². The molecule has 1 saturated heterocycles. The van der Waals surface area contributed by atoms with Crippen LogP contribution in [0.15, 0.2) is 29.2 Å². The van der Waals surface area contributed by atoms with E-state index in [2.05, 4.69) is 5.32 Å². The van der Waals surface area contributed by atoms with Crippen LogP contribution in [0.1, 0.15) is 26.2 Å². The Balaban J connectivity index is 2.10. The van der Waals surface area contributed by atoms with E-state index in [4.69, 9.17) is 0 Å². The van der Waals surface area contributed by atoms with Crippen LogP contribution in [0, 0.1) is 5.82 Å². The first-order valence-corrected chi connectivity index (χ1v) is 8.36. The van der Waals surface area contributed by atoms with Crippen molar-refractivity contribution in [1.29, 1.82) is 0 Å². The van der Waals surface area contributed by atoms with E-state index in [1.807, 2.05) is 0 Å². The van der Waals surface area contributed by atoms with Gasteiger partial charge in [-0.15, -0.1) is 0 Å². The molecule has 0 spiro atoms. The average Bonchev–Trinajstić information content (AvgIpc) is 2.64. The summed E-state index contributed by atoms with van der Waals surface area (Å²) >= 11 is 0. The molecule has 5 nitrogen and oxygen atoms in total. The summed E-state index contributed by atoms with van der Waals surface area (Å²) in [5.41, 5.74) is 0. The number of sulfonamides is 1. The topological polar surface area (TPSA) is 66.5 Å². The van der Waals surface area contributed by atoms with Crippen LogP contribution in [-0.4, -0.2) is 37.8 Å². The molecule has 116 valence electrons. The number of halogens is 1. The first-order chi connectivity index (χ1) is 9.89. The zero-order valence-corrected chi connectivity index (χ0v) is 12.7. The second kappa shape index (κ2) is 6.53. The van der Waals surface area contributed by atoms with E-state index in [1.165, 1.54) is 23.4 Å². The van der Waals surface area contributed by atoms with Gasteiger partial charge in [0.15, 0.2) is 0 Å². The smallest absolute Gasteiger partial charge is 0.243 e. The molecule has 1 atom stereocenters. The van der Waals surface area contributed by atoms with Gasteiger partial charge in [0.2, 0.25) is 15.9 Å². The van der Waals surface area contributed by atoms with Crippen molar-refractivity contribution in [3.05, 3.63) is 30.1 Å². The monoisotopic (exact) mass is 314 g/mol. The summed E-state index contributed by atoms with van der Waals surface area (Å²) in [6.45, 7) is 2.22. The van der Waals surface area contributed by atoms with E-state index in [-0.39, 0.29) is 16.8 Å². The van der Waals surface area contributed by atoms with Gasteiger partial charge in [0.05, 0.1) is 4.90 Å². The Hall–Kier alpha value is -1.47. The maximum atomic E-state index is 12.9. The highest BCUT2D eigenvalue weighted by Gasteiger charge is 2.27. The summed E-state index contributed by atoms with van der Waals surface area (Å²) in [6.07, 6.45) is 2.03. The Bertz CT molecular complexity index is 601. The summed E-state index contributed by atoms with van der Waals surface area (Å²) in [6, 6.07) is 4.85. The lowest BCUT2D eigenvalue weighted by molar-refractivity contribution is -0.119. The molecule has 0 radical (unpaired) electrons. The highest BCUT2D eigenvalue weighted by atomic mass is 32.2. The lowest BCUT2D eigenvalue weighted by Gasteiger charge is -2.20. The Morgan fingerprint density at radius 1 is 1.24 bits per heavy atom. The number of nitrogens with one attached hydrogen (secondary N) is 1. The van der Waals surface area contributed by atoms with Gasteiger partial charge >= 0.3 is 0 Å². The van der Waals surface area contributed by atoms with Crippen molar-refractivity contribution in [3.63, 3.8) is 0 Å². The third-order valence-corrected chi connectivity index (χ3v) is 5.46. The van der Waals surface area contributed by atoms with Crippen LogP contribution in [0.4, 0.5) is 4.39 Å². The van der Waals surface area contributed by atoms with E-state index in [0.717, 1.165) is 18.6 Å². The largest absolute Gasteiger partial charge is 0.354 e. The molecule has 7 heteroatoms. The van der Waals surface area contributed by atoms with E-state index in [9.17, 15) is 17.6 Å². The number of rotatable bonds is 3. The Morgan fingerprint density at radius 2 is 1.90 bits per heavy atom. The predicted molar refractivity (Wildman–Crippen MR) is 76.6 cm³/mol. The molecule has 0 aliphatic carbocycles. The minimum atomic E-state index is -3.60. The average molecular weight is 314 g/mol. The molecule has 2 rings (SSSR count). The third-order valence-electron chi connectivity index (χ3n) is 3.55. The van der Waals surface area contributed by atoms with E-state index in [1.54, 1.807) is 0 Å². The van der Waals surface area contributed by atoms with Crippen LogP contribution >= 0.6 is 0 Å². The first kappa shape index (κ1) is 15.9. The second-order valence-corrected chi connectivity index (χ2v) is 7.12. The Labute approximate surface area is 124 Å². The summed E-state index contributed by atoms with van der Waals surface area (Å²) < 4.78 is 39.3. The molecule has 1 N–H and O–H groups in total. The lowest BCUT2D eigenvalue weighted by Crippen LogP contribution is -2.35. The zero-order chi connectivity index (χ0) is 15.5. The summed E-state index contributed by atoms with van der Waals surface area (Å²) in [4.78, 5) is 11.2. The summed E-state index contributed by atoms with van der Waals surface area (Å²) in [5, 5.41) is 2.83. The zero-order valence-electron chi connectivity index (χ0n) is 11.9. The Morgan fingerprint density at radius 3 is 2.52 bits per heavy atom. The first-order valence-electron chi connectivity index (χ1n) is 6.92. The van der Waals surface area contributed by atoms with Gasteiger partial charge in [-0.2, -0.15) is 4.31 Å². The normalized spacial score (nSPS) is 20.8. The molecule has 0 bridgehead atoms. The van der Waals surface area contributed by atoms with Gasteiger partial charge in [-0.1, -0.05) is 0 Å². The van der Waals surface area contributed by atoms with Gasteiger partial charge in [0, 0.05) is 26.1 Å². The van der Waals surface area contributed by atoms with Crippen molar-refractivity contribution in [2.45, 2.75) is 37.1 Å². The number of amides is 1.